The van der Waals surface area contributed by atoms with Crippen molar-refractivity contribution in [3.63, 3.8) is 0 Å². The van der Waals surface area contributed by atoms with Gasteiger partial charge in [0.2, 0.25) is 0 Å². The largest absolute Gasteiger partial charge is 0.478 e. The molecule has 0 aliphatic heterocycles. The number of aromatic carboxylic acids is 1. The van der Waals surface area contributed by atoms with Gasteiger partial charge in [-0.25, -0.2) is 9.18 Å². The highest BCUT2D eigenvalue weighted by Crippen LogP contribution is 2.22. The van der Waals surface area contributed by atoms with Crippen molar-refractivity contribution in [3.05, 3.63) is 29.6 Å². The predicted molar refractivity (Wildman–Crippen MR) is 50.1 cm³/mol. The van der Waals surface area contributed by atoms with E-state index in [1.54, 1.807) is 0 Å². The predicted octanol–water partition coefficient (Wildman–Crippen LogP) is 2.59. The van der Waals surface area contributed by atoms with Crippen LogP contribution in [0.1, 0.15) is 10.4 Å². The fourth-order valence-corrected chi connectivity index (χ4v) is 1.61. The molecule has 0 heterocycles. The summed E-state index contributed by atoms with van der Waals surface area (Å²) in [6, 6.07) is 3.46. The highest BCUT2D eigenvalue weighted by molar-refractivity contribution is 7.99. The highest BCUT2D eigenvalue weighted by Gasteiger charge is 2.08. The van der Waals surface area contributed by atoms with Crippen LogP contribution in [0.4, 0.5) is 8.78 Å². The van der Waals surface area contributed by atoms with Gasteiger partial charge in [-0.2, -0.15) is 0 Å². The molecule has 1 aromatic carbocycles. The Labute approximate surface area is 83.9 Å². The van der Waals surface area contributed by atoms with Crippen LogP contribution in [0.2, 0.25) is 0 Å². The first-order chi connectivity index (χ1) is 6.65. The first-order valence-corrected chi connectivity index (χ1v) is 4.85. The van der Waals surface area contributed by atoms with E-state index < -0.39 is 18.5 Å². The van der Waals surface area contributed by atoms with Crippen molar-refractivity contribution in [2.45, 2.75) is 4.90 Å². The van der Waals surface area contributed by atoms with Crippen molar-refractivity contribution in [2.75, 3.05) is 12.4 Å². The van der Waals surface area contributed by atoms with Crippen LogP contribution in [0, 0.1) is 5.82 Å². The summed E-state index contributed by atoms with van der Waals surface area (Å²) in [6.07, 6.45) is 0. The average molecular weight is 218 g/mol. The van der Waals surface area contributed by atoms with Gasteiger partial charge in [0.15, 0.2) is 0 Å². The van der Waals surface area contributed by atoms with Crippen LogP contribution in [-0.2, 0) is 0 Å². The number of thioether (sulfide) groups is 1. The number of hydrogen-bond donors (Lipinski definition) is 1. The Bertz CT molecular complexity index is 342. The van der Waals surface area contributed by atoms with Gasteiger partial charge in [-0.05, 0) is 18.2 Å². The molecule has 0 fully saturated rings. The lowest BCUT2D eigenvalue weighted by molar-refractivity contribution is 0.0696. The van der Waals surface area contributed by atoms with Gasteiger partial charge in [-0.1, -0.05) is 0 Å². The monoisotopic (exact) mass is 218 g/mol. The van der Waals surface area contributed by atoms with Crippen LogP contribution < -0.4 is 0 Å². The number of alkyl halides is 1. The Kier molecular flexibility index (Phi) is 3.88. The lowest BCUT2D eigenvalue weighted by Crippen LogP contribution is -1.97. The van der Waals surface area contributed by atoms with Crippen molar-refractivity contribution >= 4 is 17.7 Å². The van der Waals surface area contributed by atoms with Crippen LogP contribution >= 0.6 is 11.8 Å². The maximum atomic E-state index is 13.0. The lowest BCUT2D eigenvalue weighted by atomic mass is 10.2. The molecule has 1 N–H and O–H groups in total. The molecule has 0 saturated carbocycles. The minimum Gasteiger partial charge on any atom is -0.478 e. The molecular weight excluding hydrogens is 210 g/mol. The van der Waals surface area contributed by atoms with Crippen LogP contribution in [0.15, 0.2) is 23.1 Å². The number of hydrogen-bond acceptors (Lipinski definition) is 2. The summed E-state index contributed by atoms with van der Waals surface area (Å²) in [5.41, 5.74) is 0.00718. The fraction of sp³-hybridized carbons (Fsp3) is 0.222. The molecule has 0 radical (unpaired) electrons. The fourth-order valence-electron chi connectivity index (χ4n) is 0.896. The standard InChI is InChI=1S/C9H8F2O2S/c10-3-4-14-8-5-6(9(12)13)1-2-7(8)11/h1-2,5H,3-4H2,(H,12,13). The van der Waals surface area contributed by atoms with Crippen LogP contribution in [-0.4, -0.2) is 23.5 Å². The highest BCUT2D eigenvalue weighted by atomic mass is 32.2. The molecule has 0 aliphatic carbocycles. The third-order valence-electron chi connectivity index (χ3n) is 1.51. The number of carboxylic acids is 1. The number of benzene rings is 1. The van der Waals surface area contributed by atoms with E-state index in [0.717, 1.165) is 17.8 Å². The number of carbonyl (C=O) groups is 1. The normalized spacial score (nSPS) is 10.1. The van der Waals surface area contributed by atoms with Gasteiger partial charge in [-0.3, -0.25) is 4.39 Å². The minimum atomic E-state index is -1.12. The smallest absolute Gasteiger partial charge is 0.335 e. The van der Waals surface area contributed by atoms with Gasteiger partial charge in [-0.15, -0.1) is 11.8 Å². The number of carboxylic acid groups (broad SMARTS) is 1. The molecule has 0 spiro atoms. The Morgan fingerprint density at radius 1 is 1.50 bits per heavy atom. The second-order valence-electron chi connectivity index (χ2n) is 2.49. The molecule has 14 heavy (non-hydrogen) atoms. The van der Waals surface area contributed by atoms with Gasteiger partial charge < -0.3 is 5.11 Å². The van der Waals surface area contributed by atoms with E-state index in [1.165, 1.54) is 12.1 Å². The molecule has 1 rings (SSSR count). The summed E-state index contributed by atoms with van der Waals surface area (Å²) >= 11 is 0.965. The number of rotatable bonds is 4. The first kappa shape index (κ1) is 11.0. The third-order valence-corrected chi connectivity index (χ3v) is 2.50. The molecule has 1 aromatic rings. The molecule has 0 unspecified atom stereocenters. The second kappa shape index (κ2) is 4.95. The molecule has 0 atom stereocenters. The molecule has 0 aliphatic rings. The van der Waals surface area contributed by atoms with Crippen LogP contribution in [0.25, 0.3) is 0 Å². The van der Waals surface area contributed by atoms with Crippen LogP contribution in [0.3, 0.4) is 0 Å². The Morgan fingerprint density at radius 2 is 2.21 bits per heavy atom. The summed E-state index contributed by atoms with van der Waals surface area (Å²) in [6.45, 7) is -0.568. The first-order valence-electron chi connectivity index (χ1n) is 3.86. The maximum Gasteiger partial charge on any atom is 0.335 e. The van der Waals surface area contributed by atoms with Gasteiger partial charge in [0.05, 0.1) is 12.2 Å². The SMILES string of the molecule is O=C(O)c1ccc(F)c(SCCF)c1. The van der Waals surface area contributed by atoms with Gasteiger partial charge >= 0.3 is 5.97 Å². The molecule has 2 nitrogen and oxygen atoms in total. The molecule has 5 heteroatoms. The topological polar surface area (TPSA) is 37.3 Å². The van der Waals surface area contributed by atoms with Crippen molar-refractivity contribution in [2.24, 2.45) is 0 Å². The van der Waals surface area contributed by atoms with E-state index >= 15 is 0 Å². The average Bonchev–Trinajstić information content (AvgIpc) is 2.16. The van der Waals surface area contributed by atoms with E-state index in [0.29, 0.717) is 0 Å². The van der Waals surface area contributed by atoms with E-state index in [1.807, 2.05) is 0 Å². The van der Waals surface area contributed by atoms with Crippen LogP contribution in [0.5, 0.6) is 0 Å². The summed E-state index contributed by atoms with van der Waals surface area (Å²) in [5, 5.41) is 8.62. The van der Waals surface area contributed by atoms with Gasteiger partial charge in [0.1, 0.15) is 5.82 Å². The van der Waals surface area contributed by atoms with Gasteiger partial charge in [0, 0.05) is 10.6 Å². The van der Waals surface area contributed by atoms with E-state index in [-0.39, 0.29) is 16.2 Å². The molecule has 0 aromatic heterocycles. The summed E-state index contributed by atoms with van der Waals surface area (Å²) < 4.78 is 24.8. The minimum absolute atomic E-state index is 0.00718. The summed E-state index contributed by atoms with van der Waals surface area (Å²) in [4.78, 5) is 10.7. The third kappa shape index (κ3) is 2.70. The zero-order valence-corrected chi connectivity index (χ0v) is 7.98. The Morgan fingerprint density at radius 3 is 2.79 bits per heavy atom. The van der Waals surface area contributed by atoms with E-state index in [4.69, 9.17) is 5.11 Å². The van der Waals surface area contributed by atoms with Crippen molar-refractivity contribution in [1.29, 1.82) is 0 Å². The lowest BCUT2D eigenvalue weighted by Gasteiger charge is -2.02. The van der Waals surface area contributed by atoms with E-state index in [9.17, 15) is 13.6 Å². The molecule has 0 bridgehead atoms. The van der Waals surface area contributed by atoms with Crippen molar-refractivity contribution in [3.8, 4) is 0 Å². The molecular formula is C9H8F2O2S. The molecule has 0 amide bonds. The maximum absolute atomic E-state index is 13.0. The second-order valence-corrected chi connectivity index (χ2v) is 3.62. The summed E-state index contributed by atoms with van der Waals surface area (Å²) in [7, 11) is 0. The molecule has 76 valence electrons. The number of halogens is 2. The molecule has 0 saturated heterocycles. The summed E-state index contributed by atoms with van der Waals surface area (Å²) in [5.74, 6) is -1.51. The van der Waals surface area contributed by atoms with Gasteiger partial charge in [0.25, 0.3) is 0 Å². The van der Waals surface area contributed by atoms with Crippen molar-refractivity contribution in [1.82, 2.24) is 0 Å². The Balaban J connectivity index is 2.90. The zero-order valence-electron chi connectivity index (χ0n) is 7.17. The quantitative estimate of drug-likeness (QED) is 0.789. The van der Waals surface area contributed by atoms with Crippen molar-refractivity contribution < 1.29 is 18.7 Å². The zero-order chi connectivity index (χ0) is 10.6. The van der Waals surface area contributed by atoms with E-state index in [2.05, 4.69) is 0 Å². The Hall–Kier alpha value is -1.10.